The molecule has 24 heavy (non-hydrogen) atoms. The van der Waals surface area contributed by atoms with E-state index in [1.54, 1.807) is 24.3 Å². The molecule has 5 nitrogen and oxygen atoms in total. The summed E-state index contributed by atoms with van der Waals surface area (Å²) in [7, 11) is -3.20. The van der Waals surface area contributed by atoms with Gasteiger partial charge in [0.15, 0.2) is 9.84 Å². The second-order valence-corrected chi connectivity index (χ2v) is 8.45. The van der Waals surface area contributed by atoms with Crippen molar-refractivity contribution in [2.24, 2.45) is 0 Å². The number of urea groups is 1. The Morgan fingerprint density at radius 1 is 1.04 bits per heavy atom. The molecule has 136 valence electrons. The third-order valence-electron chi connectivity index (χ3n) is 4.02. The number of carbonyl (C=O) groups excluding carboxylic acids is 1. The standard InChI is InChI=1S/C18H30N2O3S/c1-5-6-7-8-9-14(2)19-18(21)20-15(3)16-10-12-17(13-11-16)24(4,22)23/h10-15H,5-9H2,1-4H3,(H2,19,20,21). The largest absolute Gasteiger partial charge is 0.336 e. The van der Waals surface area contributed by atoms with Gasteiger partial charge in [-0.15, -0.1) is 0 Å². The molecule has 0 aliphatic heterocycles. The van der Waals surface area contributed by atoms with Crippen LogP contribution in [0.25, 0.3) is 0 Å². The van der Waals surface area contributed by atoms with Gasteiger partial charge in [0.05, 0.1) is 10.9 Å². The van der Waals surface area contributed by atoms with E-state index in [0.29, 0.717) is 0 Å². The van der Waals surface area contributed by atoms with Gasteiger partial charge in [-0.05, 0) is 38.0 Å². The van der Waals surface area contributed by atoms with Crippen molar-refractivity contribution in [2.75, 3.05) is 6.26 Å². The molecule has 0 radical (unpaired) electrons. The van der Waals surface area contributed by atoms with Gasteiger partial charge in [-0.1, -0.05) is 44.7 Å². The lowest BCUT2D eigenvalue weighted by Crippen LogP contribution is -2.41. The lowest BCUT2D eigenvalue weighted by molar-refractivity contribution is 0.234. The second kappa shape index (κ2) is 9.67. The monoisotopic (exact) mass is 354 g/mol. The van der Waals surface area contributed by atoms with Crippen LogP contribution in [-0.4, -0.2) is 26.7 Å². The van der Waals surface area contributed by atoms with Gasteiger partial charge in [0.25, 0.3) is 0 Å². The Kier molecular flexibility index (Phi) is 8.25. The molecule has 0 aliphatic rings. The lowest BCUT2D eigenvalue weighted by Gasteiger charge is -2.18. The Balaban J connectivity index is 2.46. The fourth-order valence-corrected chi connectivity index (χ4v) is 3.13. The summed E-state index contributed by atoms with van der Waals surface area (Å²) in [4.78, 5) is 12.3. The van der Waals surface area contributed by atoms with E-state index >= 15 is 0 Å². The van der Waals surface area contributed by atoms with Crippen LogP contribution in [0.4, 0.5) is 4.79 Å². The number of sulfone groups is 1. The van der Waals surface area contributed by atoms with Gasteiger partial charge in [0.1, 0.15) is 0 Å². The van der Waals surface area contributed by atoms with Crippen molar-refractivity contribution in [1.29, 1.82) is 0 Å². The Morgan fingerprint density at radius 2 is 1.67 bits per heavy atom. The van der Waals surface area contributed by atoms with Gasteiger partial charge in [0, 0.05) is 12.3 Å². The van der Waals surface area contributed by atoms with Crippen molar-refractivity contribution < 1.29 is 13.2 Å². The van der Waals surface area contributed by atoms with Crippen LogP contribution in [0.3, 0.4) is 0 Å². The number of hydrogen-bond acceptors (Lipinski definition) is 3. The van der Waals surface area contributed by atoms with Crippen LogP contribution in [0.15, 0.2) is 29.2 Å². The minimum atomic E-state index is -3.20. The molecule has 2 unspecified atom stereocenters. The van der Waals surface area contributed by atoms with E-state index in [0.717, 1.165) is 18.4 Å². The van der Waals surface area contributed by atoms with E-state index < -0.39 is 9.84 Å². The average Bonchev–Trinajstić information content (AvgIpc) is 2.50. The van der Waals surface area contributed by atoms with E-state index in [9.17, 15) is 13.2 Å². The zero-order chi connectivity index (χ0) is 18.2. The Bertz CT molecular complexity index is 612. The maximum absolute atomic E-state index is 12.0. The highest BCUT2D eigenvalue weighted by molar-refractivity contribution is 7.90. The van der Waals surface area contributed by atoms with Gasteiger partial charge in [-0.25, -0.2) is 13.2 Å². The molecule has 2 atom stereocenters. The van der Waals surface area contributed by atoms with E-state index in [2.05, 4.69) is 17.6 Å². The van der Waals surface area contributed by atoms with Crippen molar-refractivity contribution in [1.82, 2.24) is 10.6 Å². The van der Waals surface area contributed by atoms with Crippen molar-refractivity contribution in [3.05, 3.63) is 29.8 Å². The second-order valence-electron chi connectivity index (χ2n) is 6.43. The van der Waals surface area contributed by atoms with Gasteiger partial charge in [-0.3, -0.25) is 0 Å². The van der Waals surface area contributed by atoms with Crippen molar-refractivity contribution in [2.45, 2.75) is 69.9 Å². The minimum Gasteiger partial charge on any atom is -0.336 e. The van der Waals surface area contributed by atoms with Crippen LogP contribution in [0, 0.1) is 0 Å². The molecule has 6 heteroatoms. The van der Waals surface area contributed by atoms with Gasteiger partial charge >= 0.3 is 6.03 Å². The Labute approximate surface area is 146 Å². The summed E-state index contributed by atoms with van der Waals surface area (Å²) in [5.41, 5.74) is 0.869. The van der Waals surface area contributed by atoms with E-state index in [-0.39, 0.29) is 23.0 Å². The summed E-state index contributed by atoms with van der Waals surface area (Å²) in [5.74, 6) is 0. The number of nitrogens with one attached hydrogen (secondary N) is 2. The van der Waals surface area contributed by atoms with Crippen LogP contribution < -0.4 is 10.6 Å². The molecule has 0 aromatic heterocycles. The summed E-state index contributed by atoms with van der Waals surface area (Å²) in [6, 6.07) is 6.35. The molecule has 2 N–H and O–H groups in total. The SMILES string of the molecule is CCCCCCC(C)NC(=O)NC(C)c1ccc(S(C)(=O)=O)cc1. The van der Waals surface area contributed by atoms with Crippen LogP contribution >= 0.6 is 0 Å². The average molecular weight is 355 g/mol. The molecule has 0 saturated heterocycles. The fourth-order valence-electron chi connectivity index (χ4n) is 2.50. The molecule has 0 saturated carbocycles. The summed E-state index contributed by atoms with van der Waals surface area (Å²) < 4.78 is 22.9. The molecule has 1 rings (SSSR count). The molecule has 0 bridgehead atoms. The lowest BCUT2D eigenvalue weighted by atomic mass is 10.1. The highest BCUT2D eigenvalue weighted by atomic mass is 32.2. The molecular weight excluding hydrogens is 324 g/mol. The number of carbonyl (C=O) groups is 1. The van der Waals surface area contributed by atoms with E-state index in [1.165, 1.54) is 25.5 Å². The molecule has 0 aliphatic carbocycles. The number of amides is 2. The predicted molar refractivity (Wildman–Crippen MR) is 97.9 cm³/mol. The highest BCUT2D eigenvalue weighted by Gasteiger charge is 2.13. The first-order valence-corrected chi connectivity index (χ1v) is 10.5. The smallest absolute Gasteiger partial charge is 0.315 e. The maximum atomic E-state index is 12.0. The van der Waals surface area contributed by atoms with E-state index in [4.69, 9.17) is 0 Å². The minimum absolute atomic E-state index is 0.140. The quantitative estimate of drug-likeness (QED) is 0.662. The molecule has 1 aromatic rings. The van der Waals surface area contributed by atoms with E-state index in [1.807, 2.05) is 13.8 Å². The van der Waals surface area contributed by atoms with Crippen molar-refractivity contribution >= 4 is 15.9 Å². The summed E-state index contributed by atoms with van der Waals surface area (Å²) in [6.45, 7) is 6.07. The highest BCUT2D eigenvalue weighted by Crippen LogP contribution is 2.16. The van der Waals surface area contributed by atoms with Crippen molar-refractivity contribution in [3.8, 4) is 0 Å². The van der Waals surface area contributed by atoms with Crippen LogP contribution in [0.1, 0.15) is 64.5 Å². The number of hydrogen-bond donors (Lipinski definition) is 2. The zero-order valence-corrected chi connectivity index (χ0v) is 15.9. The number of benzene rings is 1. The molecule has 1 aromatic carbocycles. The maximum Gasteiger partial charge on any atom is 0.315 e. The molecule has 0 heterocycles. The summed E-state index contributed by atoms with van der Waals surface area (Å²) >= 11 is 0. The normalized spacial score (nSPS) is 14.0. The molecular formula is C18H30N2O3S. The first-order valence-electron chi connectivity index (χ1n) is 8.61. The molecule has 2 amide bonds. The third kappa shape index (κ3) is 7.34. The zero-order valence-electron chi connectivity index (χ0n) is 15.1. The summed E-state index contributed by atoms with van der Waals surface area (Å²) in [6.07, 6.45) is 6.92. The molecule has 0 fully saturated rings. The number of rotatable bonds is 9. The summed E-state index contributed by atoms with van der Waals surface area (Å²) in [5, 5.41) is 5.83. The van der Waals surface area contributed by atoms with Gasteiger partial charge < -0.3 is 10.6 Å². The Morgan fingerprint density at radius 3 is 2.21 bits per heavy atom. The third-order valence-corrected chi connectivity index (χ3v) is 5.15. The van der Waals surface area contributed by atoms with Crippen LogP contribution in [-0.2, 0) is 9.84 Å². The topological polar surface area (TPSA) is 75.3 Å². The van der Waals surface area contributed by atoms with Crippen LogP contribution in [0.5, 0.6) is 0 Å². The van der Waals surface area contributed by atoms with Gasteiger partial charge in [-0.2, -0.15) is 0 Å². The Hall–Kier alpha value is -1.56. The number of unbranched alkanes of at least 4 members (excludes halogenated alkanes) is 3. The fraction of sp³-hybridized carbons (Fsp3) is 0.611. The van der Waals surface area contributed by atoms with Gasteiger partial charge in [0.2, 0.25) is 0 Å². The predicted octanol–water partition coefficient (Wildman–Crippen LogP) is 3.81. The first kappa shape index (κ1) is 20.5. The molecule has 0 spiro atoms. The first-order chi connectivity index (χ1) is 11.2. The van der Waals surface area contributed by atoms with Crippen molar-refractivity contribution in [3.63, 3.8) is 0 Å². The van der Waals surface area contributed by atoms with Crippen LogP contribution in [0.2, 0.25) is 0 Å².